The Labute approximate surface area is 107 Å². The van der Waals surface area contributed by atoms with Gasteiger partial charge in [-0.05, 0) is 24.6 Å². The van der Waals surface area contributed by atoms with Crippen molar-refractivity contribution in [3.63, 3.8) is 0 Å². The van der Waals surface area contributed by atoms with Crippen molar-refractivity contribution in [2.75, 3.05) is 0 Å². The Morgan fingerprint density at radius 3 is 2.82 bits per heavy atom. The van der Waals surface area contributed by atoms with Crippen molar-refractivity contribution in [1.29, 1.82) is 0 Å². The molecule has 0 aliphatic rings. The Hall–Kier alpha value is -1.13. The van der Waals surface area contributed by atoms with Crippen molar-refractivity contribution in [1.82, 2.24) is 5.16 Å². The minimum Gasteiger partial charge on any atom is -0.360 e. The van der Waals surface area contributed by atoms with Crippen LogP contribution in [0.3, 0.4) is 0 Å². The molecule has 17 heavy (non-hydrogen) atoms. The summed E-state index contributed by atoms with van der Waals surface area (Å²) in [6.45, 7) is 1.84. The van der Waals surface area contributed by atoms with Crippen LogP contribution in [0.1, 0.15) is 17.0 Å². The zero-order valence-corrected chi connectivity index (χ0v) is 10.9. The SMILES string of the molecule is Cc1cc(CS(=O)Cc2cccc(Cl)c2)on1. The molecule has 1 aromatic heterocycles. The lowest BCUT2D eigenvalue weighted by Crippen LogP contribution is -1.98. The topological polar surface area (TPSA) is 43.1 Å². The zero-order valence-electron chi connectivity index (χ0n) is 9.35. The molecule has 1 aromatic carbocycles. The molecule has 90 valence electrons. The molecule has 0 bridgehead atoms. The van der Waals surface area contributed by atoms with E-state index in [1.807, 2.05) is 25.1 Å². The summed E-state index contributed by atoms with van der Waals surface area (Å²) < 4.78 is 16.9. The number of aromatic nitrogens is 1. The molecule has 1 unspecified atom stereocenters. The van der Waals surface area contributed by atoms with Crippen molar-refractivity contribution in [3.8, 4) is 0 Å². The van der Waals surface area contributed by atoms with Crippen molar-refractivity contribution in [3.05, 3.63) is 52.4 Å². The first-order valence-corrected chi connectivity index (χ1v) is 7.02. The summed E-state index contributed by atoms with van der Waals surface area (Å²) in [6, 6.07) is 9.19. The van der Waals surface area contributed by atoms with Crippen molar-refractivity contribution in [2.45, 2.75) is 18.4 Å². The zero-order chi connectivity index (χ0) is 12.3. The van der Waals surface area contributed by atoms with Crippen LogP contribution in [0.25, 0.3) is 0 Å². The predicted molar refractivity (Wildman–Crippen MR) is 68.2 cm³/mol. The summed E-state index contributed by atoms with van der Waals surface area (Å²) in [5.41, 5.74) is 1.77. The van der Waals surface area contributed by atoms with Gasteiger partial charge in [0.15, 0.2) is 0 Å². The summed E-state index contributed by atoms with van der Waals surface area (Å²) >= 11 is 5.86. The monoisotopic (exact) mass is 269 g/mol. The number of hydrogen-bond acceptors (Lipinski definition) is 3. The number of rotatable bonds is 4. The van der Waals surface area contributed by atoms with Gasteiger partial charge in [-0.25, -0.2) is 0 Å². The second kappa shape index (κ2) is 5.47. The molecular weight excluding hydrogens is 258 g/mol. The first-order valence-electron chi connectivity index (χ1n) is 5.15. The Kier molecular flexibility index (Phi) is 3.97. The van der Waals surface area contributed by atoms with E-state index in [2.05, 4.69) is 5.16 Å². The highest BCUT2D eigenvalue weighted by molar-refractivity contribution is 7.83. The average molecular weight is 270 g/mol. The van der Waals surface area contributed by atoms with Crippen LogP contribution in [0.5, 0.6) is 0 Å². The molecule has 1 atom stereocenters. The Morgan fingerprint density at radius 2 is 2.18 bits per heavy atom. The van der Waals surface area contributed by atoms with Gasteiger partial charge >= 0.3 is 0 Å². The summed E-state index contributed by atoms with van der Waals surface area (Å²) in [6.07, 6.45) is 0. The number of aryl methyl sites for hydroxylation is 1. The van der Waals surface area contributed by atoms with Crippen molar-refractivity contribution < 1.29 is 8.73 Å². The number of nitrogens with zero attached hydrogens (tertiary/aromatic N) is 1. The molecule has 0 amide bonds. The first-order chi connectivity index (χ1) is 8.13. The Bertz CT molecular complexity index is 539. The molecular formula is C12H12ClNO2S. The summed E-state index contributed by atoms with van der Waals surface area (Å²) in [5.74, 6) is 1.51. The summed E-state index contributed by atoms with van der Waals surface area (Å²) in [7, 11) is -1.01. The van der Waals surface area contributed by atoms with E-state index in [0.717, 1.165) is 11.3 Å². The van der Waals surface area contributed by atoms with Crippen LogP contribution in [-0.2, 0) is 22.3 Å². The standard InChI is InChI=1S/C12H12ClNO2S/c1-9-5-12(16-14-9)8-17(15)7-10-3-2-4-11(13)6-10/h2-6H,7-8H2,1H3. The normalized spacial score (nSPS) is 12.6. The third-order valence-corrected chi connectivity index (χ3v) is 3.69. The van der Waals surface area contributed by atoms with Gasteiger partial charge in [-0.15, -0.1) is 0 Å². The fourth-order valence-electron chi connectivity index (χ4n) is 1.51. The molecule has 0 saturated carbocycles. The number of benzene rings is 1. The number of halogens is 1. The van der Waals surface area contributed by atoms with Crippen LogP contribution in [0.4, 0.5) is 0 Å². The smallest absolute Gasteiger partial charge is 0.149 e. The van der Waals surface area contributed by atoms with E-state index in [9.17, 15) is 4.21 Å². The predicted octanol–water partition coefficient (Wildman–Crippen LogP) is 3.09. The first kappa shape index (κ1) is 12.3. The lowest BCUT2D eigenvalue weighted by Gasteiger charge is -2.00. The highest BCUT2D eigenvalue weighted by Gasteiger charge is 2.07. The summed E-state index contributed by atoms with van der Waals surface area (Å²) in [5, 5.41) is 4.42. The third-order valence-electron chi connectivity index (χ3n) is 2.20. The molecule has 2 rings (SSSR count). The van der Waals surface area contributed by atoms with Crippen LogP contribution in [0.15, 0.2) is 34.9 Å². The quantitative estimate of drug-likeness (QED) is 0.857. The Balaban J connectivity index is 1.98. The van der Waals surface area contributed by atoms with E-state index in [1.54, 1.807) is 12.1 Å². The van der Waals surface area contributed by atoms with E-state index in [0.29, 0.717) is 22.3 Å². The van der Waals surface area contributed by atoms with Crippen LogP contribution in [0, 0.1) is 6.92 Å². The Morgan fingerprint density at radius 1 is 1.35 bits per heavy atom. The average Bonchev–Trinajstić information content (AvgIpc) is 2.63. The molecule has 0 fully saturated rings. The lowest BCUT2D eigenvalue weighted by molar-refractivity contribution is 0.390. The maximum atomic E-state index is 11.9. The van der Waals surface area contributed by atoms with Crippen LogP contribution >= 0.6 is 11.6 Å². The molecule has 0 N–H and O–H groups in total. The molecule has 5 heteroatoms. The highest BCUT2D eigenvalue weighted by Crippen LogP contribution is 2.14. The van der Waals surface area contributed by atoms with E-state index < -0.39 is 10.8 Å². The van der Waals surface area contributed by atoms with E-state index in [1.165, 1.54) is 0 Å². The van der Waals surface area contributed by atoms with Gasteiger partial charge in [0.2, 0.25) is 0 Å². The molecule has 0 spiro atoms. The molecule has 3 nitrogen and oxygen atoms in total. The minimum absolute atomic E-state index is 0.382. The van der Waals surface area contributed by atoms with Crippen LogP contribution < -0.4 is 0 Å². The van der Waals surface area contributed by atoms with Crippen molar-refractivity contribution in [2.24, 2.45) is 0 Å². The van der Waals surface area contributed by atoms with Gasteiger partial charge in [-0.2, -0.15) is 0 Å². The lowest BCUT2D eigenvalue weighted by atomic mass is 10.2. The van der Waals surface area contributed by atoms with E-state index in [4.69, 9.17) is 16.1 Å². The molecule has 0 aliphatic heterocycles. The highest BCUT2D eigenvalue weighted by atomic mass is 35.5. The largest absolute Gasteiger partial charge is 0.360 e. The van der Waals surface area contributed by atoms with Gasteiger partial charge in [0, 0.05) is 27.6 Å². The fraction of sp³-hybridized carbons (Fsp3) is 0.250. The molecule has 0 radical (unpaired) electrons. The van der Waals surface area contributed by atoms with Gasteiger partial charge in [-0.3, -0.25) is 4.21 Å². The molecule has 0 saturated heterocycles. The van der Waals surface area contributed by atoms with E-state index in [-0.39, 0.29) is 0 Å². The van der Waals surface area contributed by atoms with Gasteiger partial charge in [0.1, 0.15) is 5.76 Å². The van der Waals surface area contributed by atoms with Crippen LogP contribution in [0.2, 0.25) is 5.02 Å². The molecule has 2 aromatic rings. The minimum atomic E-state index is -1.01. The van der Waals surface area contributed by atoms with Crippen molar-refractivity contribution >= 4 is 22.4 Å². The fourth-order valence-corrected chi connectivity index (χ4v) is 2.83. The second-order valence-corrected chi connectivity index (χ2v) is 5.69. The maximum Gasteiger partial charge on any atom is 0.149 e. The third kappa shape index (κ3) is 3.68. The van der Waals surface area contributed by atoms with Gasteiger partial charge < -0.3 is 4.52 Å². The molecule has 1 heterocycles. The van der Waals surface area contributed by atoms with Gasteiger partial charge in [0.25, 0.3) is 0 Å². The van der Waals surface area contributed by atoms with Gasteiger partial charge in [0.05, 0.1) is 11.4 Å². The second-order valence-electron chi connectivity index (χ2n) is 3.79. The van der Waals surface area contributed by atoms with E-state index >= 15 is 0 Å². The summed E-state index contributed by atoms with van der Waals surface area (Å²) in [4.78, 5) is 0. The van der Waals surface area contributed by atoms with Gasteiger partial charge in [-0.1, -0.05) is 28.9 Å². The maximum absolute atomic E-state index is 11.9. The molecule has 0 aliphatic carbocycles. The van der Waals surface area contributed by atoms with Crippen LogP contribution in [-0.4, -0.2) is 9.37 Å². The number of hydrogen-bond donors (Lipinski definition) is 0.